The maximum Gasteiger partial charge on any atom is 0.251 e. The minimum absolute atomic E-state index is 0.00240. The molecule has 0 unspecified atom stereocenters. The van der Waals surface area contributed by atoms with Crippen molar-refractivity contribution in [2.75, 3.05) is 27.2 Å². The lowest BCUT2D eigenvalue weighted by Gasteiger charge is -2.62. The second kappa shape index (κ2) is 14.1. The van der Waals surface area contributed by atoms with Crippen LogP contribution < -0.4 is 10.6 Å². The molecule has 4 aliphatic rings. The highest BCUT2D eigenvalue weighted by atomic mass is 16.7. The first-order valence-corrected chi connectivity index (χ1v) is 17.3. The number of aliphatic hydroxyl groups is 1. The Hall–Kier alpha value is -2.78. The van der Waals surface area contributed by atoms with Crippen molar-refractivity contribution >= 4 is 11.8 Å². The molecule has 1 heterocycles. The minimum Gasteiger partial charge on any atom is -0.394 e. The van der Waals surface area contributed by atoms with Gasteiger partial charge in [0.2, 0.25) is 5.91 Å². The van der Waals surface area contributed by atoms with E-state index in [1.165, 1.54) is 6.42 Å². The summed E-state index contributed by atoms with van der Waals surface area (Å²) >= 11 is 0. The molecule has 0 aromatic heterocycles. The van der Waals surface area contributed by atoms with E-state index in [2.05, 4.69) is 63.1 Å². The molecule has 6 rings (SSSR count). The number of carbonyl (C=O) groups is 2. The van der Waals surface area contributed by atoms with Gasteiger partial charge in [-0.3, -0.25) is 14.4 Å². The van der Waals surface area contributed by atoms with Crippen molar-refractivity contribution in [1.29, 1.82) is 0 Å². The second-order valence-electron chi connectivity index (χ2n) is 15.4. The monoisotopic (exact) mass is 632 g/mol. The van der Waals surface area contributed by atoms with Gasteiger partial charge in [-0.2, -0.15) is 5.06 Å². The average molecular weight is 633 g/mol. The van der Waals surface area contributed by atoms with Gasteiger partial charge >= 0.3 is 0 Å². The smallest absolute Gasteiger partial charge is 0.251 e. The molecule has 8 nitrogen and oxygen atoms in total. The number of fused-ring (bicyclic) bond motifs is 2. The van der Waals surface area contributed by atoms with Crippen molar-refractivity contribution < 1.29 is 19.5 Å². The Morgan fingerprint density at radius 1 is 1.09 bits per heavy atom. The van der Waals surface area contributed by atoms with Crippen LogP contribution in [0.25, 0.3) is 11.1 Å². The van der Waals surface area contributed by atoms with Crippen molar-refractivity contribution in [3.8, 4) is 11.1 Å². The van der Waals surface area contributed by atoms with Crippen molar-refractivity contribution in [2.45, 2.75) is 91.6 Å². The van der Waals surface area contributed by atoms with Gasteiger partial charge in [0.15, 0.2) is 0 Å². The molecule has 3 saturated carbocycles. The predicted octanol–water partition coefficient (Wildman–Crippen LogP) is 5.36. The summed E-state index contributed by atoms with van der Waals surface area (Å²) in [5.74, 6) is 1.87. The standard InChI is InChI=1S/C38H56N4O4/c1-9-30-34(22-43)46-42(35(30)37(45)39-32-19-29-18-31(24(32)4)38(29,5)6)20-25-12-10-13-26(16-25)27-14-11-15-28(17-27)36(44)40-33(23(2)3)21-41(7)8/h10-17,23-24,29-35,43H,9,18-22H2,1-8H3,(H,39,45)(H,40,44)/t24-,29+,30+,31-,32-,33-,34-,35-/m0/s1. The number of amides is 2. The molecule has 1 saturated heterocycles. The number of benzene rings is 2. The van der Waals surface area contributed by atoms with Crippen LogP contribution >= 0.6 is 0 Å². The largest absolute Gasteiger partial charge is 0.394 e. The fourth-order valence-electron chi connectivity index (χ4n) is 8.40. The third kappa shape index (κ3) is 7.05. The third-order valence-electron chi connectivity index (χ3n) is 11.5. The van der Waals surface area contributed by atoms with E-state index in [-0.39, 0.29) is 36.4 Å². The van der Waals surface area contributed by atoms with Crippen LogP contribution in [0.4, 0.5) is 0 Å². The van der Waals surface area contributed by atoms with E-state index >= 15 is 0 Å². The number of nitrogens with zero attached hydrogens (tertiary/aromatic N) is 2. The van der Waals surface area contributed by atoms with E-state index in [1.54, 1.807) is 5.06 Å². The van der Waals surface area contributed by atoms with E-state index < -0.39 is 12.1 Å². The highest BCUT2D eigenvalue weighted by Gasteiger charge is 2.57. The molecule has 2 amide bonds. The van der Waals surface area contributed by atoms with Crippen LogP contribution in [-0.4, -0.2) is 78.4 Å². The number of hydroxylamine groups is 2. The number of likely N-dealkylation sites (N-methyl/N-ethyl adjacent to an activating group) is 1. The molecular weight excluding hydrogens is 576 g/mol. The van der Waals surface area contributed by atoms with E-state index in [1.807, 2.05) is 56.6 Å². The Morgan fingerprint density at radius 3 is 2.39 bits per heavy atom. The third-order valence-corrected chi connectivity index (χ3v) is 11.5. The van der Waals surface area contributed by atoms with Gasteiger partial charge in [0.25, 0.3) is 5.91 Å². The summed E-state index contributed by atoms with van der Waals surface area (Å²) in [4.78, 5) is 35.6. The van der Waals surface area contributed by atoms with Gasteiger partial charge < -0.3 is 20.6 Å². The molecule has 0 spiro atoms. The summed E-state index contributed by atoms with van der Waals surface area (Å²) < 4.78 is 0. The lowest BCUT2D eigenvalue weighted by Crippen LogP contribution is -2.62. The highest BCUT2D eigenvalue weighted by Crippen LogP contribution is 2.61. The first-order chi connectivity index (χ1) is 21.8. The lowest BCUT2D eigenvalue weighted by molar-refractivity contribution is -0.183. The van der Waals surface area contributed by atoms with Crippen LogP contribution in [0.15, 0.2) is 48.5 Å². The summed E-state index contributed by atoms with van der Waals surface area (Å²) in [6, 6.07) is 15.7. The van der Waals surface area contributed by atoms with Crippen LogP contribution in [0.5, 0.6) is 0 Å². The van der Waals surface area contributed by atoms with Gasteiger partial charge in [0, 0.05) is 30.1 Å². The van der Waals surface area contributed by atoms with Crippen LogP contribution in [0.3, 0.4) is 0 Å². The number of carbonyl (C=O) groups excluding carboxylic acids is 2. The summed E-state index contributed by atoms with van der Waals surface area (Å²) in [5.41, 5.74) is 3.92. The van der Waals surface area contributed by atoms with Gasteiger partial charge in [-0.05, 0) is 97.3 Å². The number of nitrogens with one attached hydrogen (secondary N) is 2. The molecule has 2 bridgehead atoms. The number of aliphatic hydroxyl groups excluding tert-OH is 1. The zero-order valence-electron chi connectivity index (χ0n) is 29.1. The number of rotatable bonds is 12. The zero-order chi connectivity index (χ0) is 33.3. The fraction of sp³-hybridized carbons (Fsp3) is 0.632. The quantitative estimate of drug-likeness (QED) is 0.292. The van der Waals surface area contributed by atoms with Gasteiger partial charge in [-0.1, -0.05) is 71.9 Å². The Kier molecular flexibility index (Phi) is 10.6. The molecular formula is C38H56N4O4. The van der Waals surface area contributed by atoms with Gasteiger partial charge in [-0.15, -0.1) is 0 Å². The summed E-state index contributed by atoms with van der Waals surface area (Å²) in [6.45, 7) is 14.4. The van der Waals surface area contributed by atoms with Crippen LogP contribution in [0, 0.1) is 35.0 Å². The molecule has 8 atom stereocenters. The number of hydrogen-bond acceptors (Lipinski definition) is 6. The van der Waals surface area contributed by atoms with E-state index in [4.69, 9.17) is 4.84 Å². The number of hydrogen-bond donors (Lipinski definition) is 3. The molecule has 3 aliphatic carbocycles. The van der Waals surface area contributed by atoms with Crippen molar-refractivity contribution in [3.63, 3.8) is 0 Å². The Bertz CT molecular complexity index is 1380. The molecule has 2 aromatic rings. The van der Waals surface area contributed by atoms with Gasteiger partial charge in [0.05, 0.1) is 13.2 Å². The minimum atomic E-state index is -0.479. The fourth-order valence-corrected chi connectivity index (χ4v) is 8.40. The van der Waals surface area contributed by atoms with Crippen LogP contribution in [0.2, 0.25) is 0 Å². The maximum absolute atomic E-state index is 14.0. The predicted molar refractivity (Wildman–Crippen MR) is 183 cm³/mol. The van der Waals surface area contributed by atoms with E-state index in [0.717, 1.165) is 36.1 Å². The topological polar surface area (TPSA) is 94.1 Å². The Balaban J connectivity index is 1.31. The van der Waals surface area contributed by atoms with E-state index in [0.29, 0.717) is 41.2 Å². The van der Waals surface area contributed by atoms with Crippen LogP contribution in [-0.2, 0) is 16.2 Å². The van der Waals surface area contributed by atoms with Gasteiger partial charge in [0.1, 0.15) is 12.1 Å². The first kappa shape index (κ1) is 34.6. The molecule has 8 heteroatoms. The summed E-state index contributed by atoms with van der Waals surface area (Å²) in [6.07, 6.45) is 2.61. The first-order valence-electron chi connectivity index (χ1n) is 17.3. The lowest BCUT2D eigenvalue weighted by atomic mass is 9.45. The second-order valence-corrected chi connectivity index (χ2v) is 15.4. The van der Waals surface area contributed by atoms with Gasteiger partial charge in [-0.25, -0.2) is 0 Å². The zero-order valence-corrected chi connectivity index (χ0v) is 29.1. The van der Waals surface area contributed by atoms with Crippen molar-refractivity contribution in [3.05, 3.63) is 59.7 Å². The van der Waals surface area contributed by atoms with Crippen molar-refractivity contribution in [2.24, 2.45) is 35.0 Å². The molecule has 4 fully saturated rings. The van der Waals surface area contributed by atoms with Crippen LogP contribution in [0.1, 0.15) is 76.7 Å². The molecule has 0 radical (unpaired) electrons. The Labute approximate surface area is 276 Å². The SMILES string of the molecule is CC[C@@H]1[C@H](CO)ON(Cc2cccc(-c3cccc(C(=O)N[C@@H](CN(C)C)C(C)C)c3)c2)[C@@H]1C(=O)N[C@H]1C[C@H]2C[C@@H]([C@@H]1C)C2(C)C. The molecule has 3 N–H and O–H groups in total. The molecule has 252 valence electrons. The molecule has 46 heavy (non-hydrogen) atoms. The highest BCUT2D eigenvalue weighted by molar-refractivity contribution is 5.95. The summed E-state index contributed by atoms with van der Waals surface area (Å²) in [7, 11) is 4.03. The normalized spacial score (nSPS) is 29.4. The average Bonchev–Trinajstić information content (AvgIpc) is 3.38. The van der Waals surface area contributed by atoms with E-state index in [9.17, 15) is 14.7 Å². The van der Waals surface area contributed by atoms with Crippen molar-refractivity contribution in [1.82, 2.24) is 20.6 Å². The molecule has 1 aliphatic heterocycles. The maximum atomic E-state index is 14.0. The molecule has 2 aromatic carbocycles. The summed E-state index contributed by atoms with van der Waals surface area (Å²) in [5, 5.41) is 18.6. The Morgan fingerprint density at radius 2 is 1.78 bits per heavy atom.